The standard InChI is InChI=1S/C21H14Cl2N4O/c1-12-18(20(28)27-21-24-9-4-10-25-21)15-5-2-3-6-17(15)26-19(12)14-8-7-13(22)11-16(14)23/h2-11H,1H3,(H,24,25,27,28). The Bertz CT molecular complexity index is 1200. The van der Waals surface area contributed by atoms with Crippen LogP contribution in [-0.2, 0) is 0 Å². The molecule has 0 aliphatic heterocycles. The lowest BCUT2D eigenvalue weighted by atomic mass is 9.97. The average Bonchev–Trinajstić information content (AvgIpc) is 2.68. The lowest BCUT2D eigenvalue weighted by molar-refractivity contribution is 0.102. The van der Waals surface area contributed by atoms with Gasteiger partial charge in [0, 0.05) is 28.4 Å². The van der Waals surface area contributed by atoms with Gasteiger partial charge in [-0.05, 0) is 42.8 Å². The van der Waals surface area contributed by atoms with Crippen molar-refractivity contribution < 1.29 is 4.79 Å². The maximum Gasteiger partial charge on any atom is 0.259 e. The average molecular weight is 409 g/mol. The van der Waals surface area contributed by atoms with Gasteiger partial charge < -0.3 is 0 Å². The maximum absolute atomic E-state index is 13.1. The minimum Gasteiger partial charge on any atom is -0.290 e. The van der Waals surface area contributed by atoms with Gasteiger partial charge in [0.2, 0.25) is 5.95 Å². The number of anilines is 1. The van der Waals surface area contributed by atoms with E-state index in [0.717, 1.165) is 5.39 Å². The Kier molecular flexibility index (Phi) is 4.94. The van der Waals surface area contributed by atoms with Crippen LogP contribution in [0.25, 0.3) is 22.2 Å². The van der Waals surface area contributed by atoms with Crippen LogP contribution in [0.5, 0.6) is 0 Å². The van der Waals surface area contributed by atoms with Crippen LogP contribution in [0.15, 0.2) is 60.9 Å². The summed E-state index contributed by atoms with van der Waals surface area (Å²) in [7, 11) is 0. The molecule has 28 heavy (non-hydrogen) atoms. The Balaban J connectivity index is 1.92. The van der Waals surface area contributed by atoms with Crippen LogP contribution >= 0.6 is 23.2 Å². The molecule has 1 amide bonds. The van der Waals surface area contributed by atoms with Gasteiger partial charge in [-0.15, -0.1) is 0 Å². The topological polar surface area (TPSA) is 67.8 Å². The smallest absolute Gasteiger partial charge is 0.259 e. The number of amides is 1. The fourth-order valence-electron chi connectivity index (χ4n) is 3.07. The lowest BCUT2D eigenvalue weighted by Crippen LogP contribution is -2.16. The summed E-state index contributed by atoms with van der Waals surface area (Å²) < 4.78 is 0. The van der Waals surface area contributed by atoms with Crippen molar-refractivity contribution in [3.05, 3.63) is 82.1 Å². The number of rotatable bonds is 3. The van der Waals surface area contributed by atoms with Crippen molar-refractivity contribution in [1.29, 1.82) is 0 Å². The van der Waals surface area contributed by atoms with Gasteiger partial charge in [-0.1, -0.05) is 41.4 Å². The summed E-state index contributed by atoms with van der Waals surface area (Å²) in [6.45, 7) is 1.85. The van der Waals surface area contributed by atoms with E-state index in [1.807, 2.05) is 31.2 Å². The molecule has 4 aromatic rings. The second kappa shape index (κ2) is 7.54. The molecule has 0 radical (unpaired) electrons. The van der Waals surface area contributed by atoms with E-state index in [1.54, 1.807) is 36.7 Å². The number of nitrogens with zero attached hydrogens (tertiary/aromatic N) is 3. The van der Waals surface area contributed by atoms with Crippen LogP contribution in [0.4, 0.5) is 5.95 Å². The summed E-state index contributed by atoms with van der Waals surface area (Å²) >= 11 is 12.4. The first-order chi connectivity index (χ1) is 13.5. The van der Waals surface area contributed by atoms with Crippen LogP contribution in [0, 0.1) is 6.92 Å². The Morgan fingerprint density at radius 1 is 1.00 bits per heavy atom. The number of carbonyl (C=O) groups is 1. The number of aromatic nitrogens is 3. The van der Waals surface area contributed by atoms with Gasteiger partial charge >= 0.3 is 0 Å². The summed E-state index contributed by atoms with van der Waals surface area (Å²) in [5.74, 6) is -0.0764. The first-order valence-electron chi connectivity index (χ1n) is 8.47. The first kappa shape index (κ1) is 18.3. The molecule has 1 N–H and O–H groups in total. The molecule has 2 aromatic heterocycles. The monoisotopic (exact) mass is 408 g/mol. The molecule has 0 fully saturated rings. The minimum absolute atomic E-state index is 0.235. The second-order valence-electron chi connectivity index (χ2n) is 6.13. The number of hydrogen-bond donors (Lipinski definition) is 1. The van der Waals surface area contributed by atoms with E-state index in [1.165, 1.54) is 0 Å². The van der Waals surface area contributed by atoms with Crippen LogP contribution in [0.2, 0.25) is 10.0 Å². The van der Waals surface area contributed by atoms with Crippen molar-refractivity contribution >= 4 is 46.0 Å². The molecule has 7 heteroatoms. The van der Waals surface area contributed by atoms with E-state index in [9.17, 15) is 4.79 Å². The van der Waals surface area contributed by atoms with Crippen molar-refractivity contribution in [2.24, 2.45) is 0 Å². The molecule has 0 aliphatic rings. The number of nitrogens with one attached hydrogen (secondary N) is 1. The Labute approximate surface area is 171 Å². The molecule has 0 atom stereocenters. The van der Waals surface area contributed by atoms with Crippen molar-refractivity contribution in [3.63, 3.8) is 0 Å². The fraction of sp³-hybridized carbons (Fsp3) is 0.0476. The van der Waals surface area contributed by atoms with Gasteiger partial charge in [0.1, 0.15) is 0 Å². The molecular weight excluding hydrogens is 395 g/mol. The van der Waals surface area contributed by atoms with Gasteiger partial charge in [-0.2, -0.15) is 0 Å². The van der Waals surface area contributed by atoms with Gasteiger partial charge in [0.15, 0.2) is 0 Å². The van der Waals surface area contributed by atoms with Crippen LogP contribution < -0.4 is 5.32 Å². The third-order valence-corrected chi connectivity index (χ3v) is 4.89. The normalized spacial score (nSPS) is 10.8. The highest BCUT2D eigenvalue weighted by Crippen LogP contribution is 2.35. The molecular formula is C21H14Cl2N4O. The van der Waals surface area contributed by atoms with Gasteiger partial charge in [-0.25, -0.2) is 15.0 Å². The molecule has 2 aromatic carbocycles. The van der Waals surface area contributed by atoms with E-state index in [0.29, 0.717) is 37.9 Å². The SMILES string of the molecule is Cc1c(-c2ccc(Cl)cc2Cl)nc2ccccc2c1C(=O)Nc1ncccn1. The molecule has 138 valence electrons. The van der Waals surface area contributed by atoms with Crippen molar-refractivity contribution in [3.8, 4) is 11.3 Å². The first-order valence-corrected chi connectivity index (χ1v) is 9.23. The summed E-state index contributed by atoms with van der Waals surface area (Å²) in [5.41, 5.74) is 3.22. The van der Waals surface area contributed by atoms with E-state index in [2.05, 4.69) is 15.3 Å². The molecule has 0 spiro atoms. The number of pyridine rings is 1. The van der Waals surface area contributed by atoms with E-state index >= 15 is 0 Å². The predicted molar refractivity (Wildman–Crippen MR) is 112 cm³/mol. The van der Waals surface area contributed by atoms with E-state index in [-0.39, 0.29) is 11.9 Å². The van der Waals surface area contributed by atoms with Crippen molar-refractivity contribution in [2.45, 2.75) is 6.92 Å². The quantitative estimate of drug-likeness (QED) is 0.481. The van der Waals surface area contributed by atoms with E-state index in [4.69, 9.17) is 28.2 Å². The molecule has 0 saturated heterocycles. The highest BCUT2D eigenvalue weighted by atomic mass is 35.5. The van der Waals surface area contributed by atoms with Crippen LogP contribution in [0.1, 0.15) is 15.9 Å². The summed E-state index contributed by atoms with van der Waals surface area (Å²) in [5, 5.41) is 4.49. The van der Waals surface area contributed by atoms with Gasteiger partial charge in [0.25, 0.3) is 5.91 Å². The van der Waals surface area contributed by atoms with Crippen molar-refractivity contribution in [2.75, 3.05) is 5.32 Å². The Morgan fingerprint density at radius 2 is 1.75 bits per heavy atom. The van der Waals surface area contributed by atoms with Crippen molar-refractivity contribution in [1.82, 2.24) is 15.0 Å². The number of carbonyl (C=O) groups excluding carboxylic acids is 1. The highest BCUT2D eigenvalue weighted by molar-refractivity contribution is 6.36. The molecule has 4 rings (SSSR count). The Hall–Kier alpha value is -3.02. The van der Waals surface area contributed by atoms with Crippen LogP contribution in [0.3, 0.4) is 0 Å². The van der Waals surface area contributed by atoms with Gasteiger partial charge in [0.05, 0.1) is 21.8 Å². The number of benzene rings is 2. The maximum atomic E-state index is 13.1. The number of hydrogen-bond acceptors (Lipinski definition) is 4. The molecule has 5 nitrogen and oxygen atoms in total. The summed E-state index contributed by atoms with van der Waals surface area (Å²) in [4.78, 5) is 26.0. The number of halogens is 2. The molecule has 0 saturated carbocycles. The van der Waals surface area contributed by atoms with Crippen LogP contribution in [-0.4, -0.2) is 20.9 Å². The zero-order valence-corrected chi connectivity index (χ0v) is 16.3. The second-order valence-corrected chi connectivity index (χ2v) is 6.97. The molecule has 0 aliphatic carbocycles. The largest absolute Gasteiger partial charge is 0.290 e. The third-order valence-electron chi connectivity index (χ3n) is 4.34. The number of para-hydroxylation sites is 1. The third kappa shape index (κ3) is 3.42. The molecule has 0 bridgehead atoms. The summed E-state index contributed by atoms with van der Waals surface area (Å²) in [6, 6.07) is 14.4. The molecule has 2 heterocycles. The minimum atomic E-state index is -0.311. The fourth-order valence-corrected chi connectivity index (χ4v) is 3.57. The Morgan fingerprint density at radius 3 is 2.50 bits per heavy atom. The van der Waals surface area contributed by atoms with Gasteiger partial charge in [-0.3, -0.25) is 10.1 Å². The number of fused-ring (bicyclic) bond motifs is 1. The zero-order valence-electron chi connectivity index (χ0n) is 14.8. The summed E-state index contributed by atoms with van der Waals surface area (Å²) in [6.07, 6.45) is 3.14. The van der Waals surface area contributed by atoms with E-state index < -0.39 is 0 Å². The predicted octanol–water partition coefficient (Wildman–Crippen LogP) is 5.56. The lowest BCUT2D eigenvalue weighted by Gasteiger charge is -2.15. The zero-order chi connectivity index (χ0) is 19.7. The highest BCUT2D eigenvalue weighted by Gasteiger charge is 2.20. The molecule has 0 unspecified atom stereocenters.